The molecule has 2 amide bonds. The number of hydrogen-bond acceptors (Lipinski definition) is 7. The third kappa shape index (κ3) is 3.80. The Balaban J connectivity index is 1.24. The van der Waals surface area contributed by atoms with Gasteiger partial charge in [-0.3, -0.25) is 20.4 Å². The highest BCUT2D eigenvalue weighted by molar-refractivity contribution is 7.21. The lowest BCUT2D eigenvalue weighted by molar-refractivity contribution is -0.123. The van der Waals surface area contributed by atoms with Crippen molar-refractivity contribution in [3.8, 4) is 5.75 Å². The van der Waals surface area contributed by atoms with Crippen molar-refractivity contribution < 1.29 is 14.3 Å². The highest BCUT2D eigenvalue weighted by atomic mass is 32.1. The van der Waals surface area contributed by atoms with E-state index >= 15 is 0 Å². The van der Waals surface area contributed by atoms with Crippen LogP contribution in [0.1, 0.15) is 15.5 Å². The Kier molecular flexibility index (Phi) is 4.97. The second-order valence-electron chi connectivity index (χ2n) is 6.80. The molecule has 2 N–H and O–H groups in total. The van der Waals surface area contributed by atoms with Crippen molar-refractivity contribution in [2.45, 2.75) is 6.92 Å². The van der Waals surface area contributed by atoms with Gasteiger partial charge in [0.05, 0.1) is 25.4 Å². The van der Waals surface area contributed by atoms with Crippen molar-refractivity contribution in [2.75, 3.05) is 6.61 Å². The summed E-state index contributed by atoms with van der Waals surface area (Å²) in [7, 11) is 0. The van der Waals surface area contributed by atoms with Crippen molar-refractivity contribution in [1.29, 1.82) is 0 Å². The summed E-state index contributed by atoms with van der Waals surface area (Å²) in [6.07, 6.45) is 0. The van der Waals surface area contributed by atoms with Crippen LogP contribution in [0.25, 0.3) is 31.2 Å². The highest BCUT2D eigenvalue weighted by Gasteiger charge is 2.14. The van der Waals surface area contributed by atoms with Crippen LogP contribution in [-0.4, -0.2) is 28.4 Å². The molecule has 154 valence electrons. The first-order valence-corrected chi connectivity index (χ1v) is 11.1. The number of ether oxygens (including phenoxy) is 1. The number of hydrogen-bond donors (Lipinski definition) is 2. The van der Waals surface area contributed by atoms with Crippen LogP contribution < -0.4 is 15.6 Å². The predicted molar refractivity (Wildman–Crippen MR) is 123 cm³/mol. The monoisotopic (exact) mass is 448 g/mol. The number of nitrogens with zero attached hydrogens (tertiary/aromatic N) is 2. The van der Waals surface area contributed by atoms with Gasteiger partial charge in [-0.1, -0.05) is 24.3 Å². The maximum Gasteiger partial charge on any atom is 0.288 e. The third-order valence-corrected chi connectivity index (χ3v) is 6.51. The van der Waals surface area contributed by atoms with E-state index in [1.54, 1.807) is 28.7 Å². The van der Waals surface area contributed by atoms with Crippen molar-refractivity contribution in [3.63, 3.8) is 0 Å². The minimum absolute atomic E-state index is 0.214. The van der Waals surface area contributed by atoms with Gasteiger partial charge in [-0.15, -0.1) is 22.7 Å². The summed E-state index contributed by atoms with van der Waals surface area (Å²) in [6.45, 7) is 1.73. The van der Waals surface area contributed by atoms with E-state index in [2.05, 4.69) is 20.8 Å². The van der Waals surface area contributed by atoms with Crippen LogP contribution in [0.2, 0.25) is 0 Å². The number of para-hydroxylation sites is 1. The van der Waals surface area contributed by atoms with Gasteiger partial charge in [0.15, 0.2) is 6.61 Å². The first kappa shape index (κ1) is 19.4. The van der Waals surface area contributed by atoms with Gasteiger partial charge in [-0.2, -0.15) is 0 Å². The van der Waals surface area contributed by atoms with E-state index < -0.39 is 11.8 Å². The number of benzene rings is 2. The Morgan fingerprint density at radius 2 is 1.94 bits per heavy atom. The molecule has 3 aromatic heterocycles. The Bertz CT molecular complexity index is 1460. The molecule has 0 bridgehead atoms. The first-order valence-electron chi connectivity index (χ1n) is 9.43. The third-order valence-electron chi connectivity index (χ3n) is 4.67. The average molecular weight is 449 g/mol. The number of amides is 2. The molecule has 2 aromatic carbocycles. The molecule has 0 radical (unpaired) electrons. The molecule has 0 fully saturated rings. The van der Waals surface area contributed by atoms with Gasteiger partial charge >= 0.3 is 0 Å². The number of aromatic nitrogens is 2. The van der Waals surface area contributed by atoms with Crippen molar-refractivity contribution in [2.24, 2.45) is 0 Å². The topological polar surface area (TPSA) is 93.2 Å². The van der Waals surface area contributed by atoms with Crippen molar-refractivity contribution in [1.82, 2.24) is 20.8 Å². The van der Waals surface area contributed by atoms with Crippen LogP contribution in [0.5, 0.6) is 5.75 Å². The molecule has 3 heterocycles. The molecule has 7 nitrogen and oxygen atoms in total. The standard InChI is InChI=1S/C22H16N4O3S2/c1-12-23-20-18(31-12)10-17(14-8-9-30-21(14)20)29-11-19(27)25-26-22(28)16-7-6-13-4-2-3-5-15(13)24-16/h2-10H,11H2,1H3,(H,25,27)(H,26,28). The summed E-state index contributed by atoms with van der Waals surface area (Å²) in [4.78, 5) is 33.4. The zero-order valence-electron chi connectivity index (χ0n) is 16.3. The Morgan fingerprint density at radius 1 is 1.06 bits per heavy atom. The van der Waals surface area contributed by atoms with Crippen molar-refractivity contribution >= 4 is 65.7 Å². The first-order chi connectivity index (χ1) is 15.1. The molecule has 0 unspecified atom stereocenters. The number of fused-ring (bicyclic) bond motifs is 4. The Hall–Kier alpha value is -3.56. The lowest BCUT2D eigenvalue weighted by atomic mass is 10.2. The predicted octanol–water partition coefficient (Wildman–Crippen LogP) is 4.21. The molecular formula is C22H16N4O3S2. The number of nitrogens with one attached hydrogen (secondary N) is 2. The van der Waals surface area contributed by atoms with E-state index in [1.807, 2.05) is 54.8 Å². The molecule has 0 saturated heterocycles. The summed E-state index contributed by atoms with van der Waals surface area (Å²) in [6, 6.07) is 14.8. The summed E-state index contributed by atoms with van der Waals surface area (Å²) in [5, 5.41) is 4.80. The number of rotatable bonds is 4. The Morgan fingerprint density at radius 3 is 2.84 bits per heavy atom. The highest BCUT2D eigenvalue weighted by Crippen LogP contribution is 2.38. The minimum atomic E-state index is -0.499. The molecule has 0 aliphatic rings. The van der Waals surface area contributed by atoms with Gasteiger partial charge < -0.3 is 4.74 Å². The largest absolute Gasteiger partial charge is 0.483 e. The Labute approximate surface area is 184 Å². The van der Waals surface area contributed by atoms with E-state index in [-0.39, 0.29) is 12.3 Å². The lowest BCUT2D eigenvalue weighted by Gasteiger charge is -2.10. The molecule has 5 rings (SSSR count). The maximum atomic E-state index is 12.3. The molecule has 0 saturated carbocycles. The SMILES string of the molecule is Cc1nc2c(cc(OCC(=O)NNC(=O)c3ccc4ccccc4n3)c3ccsc32)s1. The van der Waals surface area contributed by atoms with Gasteiger partial charge in [0, 0.05) is 16.8 Å². The minimum Gasteiger partial charge on any atom is -0.483 e. The smallest absolute Gasteiger partial charge is 0.288 e. The molecular weight excluding hydrogens is 432 g/mol. The van der Waals surface area contributed by atoms with Crippen LogP contribution in [-0.2, 0) is 4.79 Å². The number of pyridine rings is 1. The second-order valence-corrected chi connectivity index (χ2v) is 8.95. The van der Waals surface area contributed by atoms with E-state index in [4.69, 9.17) is 4.74 Å². The molecule has 0 aliphatic heterocycles. The van der Waals surface area contributed by atoms with Gasteiger partial charge in [-0.05, 0) is 30.5 Å². The van der Waals surface area contributed by atoms with Crippen LogP contribution >= 0.6 is 22.7 Å². The van der Waals surface area contributed by atoms with Gasteiger partial charge in [-0.25, -0.2) is 9.97 Å². The molecule has 0 aliphatic carbocycles. The number of thiophene rings is 1. The number of thiazole rings is 1. The van der Waals surface area contributed by atoms with E-state index in [1.165, 1.54) is 0 Å². The summed E-state index contributed by atoms with van der Waals surface area (Å²) in [5.74, 6) is -0.357. The maximum absolute atomic E-state index is 12.3. The second kappa shape index (κ2) is 7.93. The zero-order valence-corrected chi connectivity index (χ0v) is 18.0. The van der Waals surface area contributed by atoms with E-state index in [0.717, 1.165) is 30.7 Å². The molecule has 0 atom stereocenters. The lowest BCUT2D eigenvalue weighted by Crippen LogP contribution is -2.44. The number of carbonyl (C=O) groups is 2. The number of carbonyl (C=O) groups excluding carboxylic acids is 2. The van der Waals surface area contributed by atoms with Crippen LogP contribution in [0.15, 0.2) is 53.9 Å². The molecule has 9 heteroatoms. The fourth-order valence-corrected chi connectivity index (χ4v) is 5.10. The van der Waals surface area contributed by atoms with Crippen molar-refractivity contribution in [3.05, 3.63) is 64.6 Å². The summed E-state index contributed by atoms with van der Waals surface area (Å²) < 4.78 is 7.81. The molecule has 31 heavy (non-hydrogen) atoms. The van der Waals surface area contributed by atoms with Gasteiger partial charge in [0.25, 0.3) is 11.8 Å². The fraction of sp³-hybridized carbons (Fsp3) is 0.0909. The van der Waals surface area contributed by atoms with E-state index in [9.17, 15) is 9.59 Å². The quantitative estimate of drug-likeness (QED) is 0.402. The number of aryl methyl sites for hydroxylation is 1. The fourth-order valence-electron chi connectivity index (χ4n) is 3.27. The zero-order chi connectivity index (χ0) is 21.4. The van der Waals surface area contributed by atoms with Gasteiger partial charge in [0.2, 0.25) is 0 Å². The summed E-state index contributed by atoms with van der Waals surface area (Å²) >= 11 is 3.17. The normalized spacial score (nSPS) is 11.1. The number of hydrazine groups is 1. The van der Waals surface area contributed by atoms with Crippen LogP contribution in [0.4, 0.5) is 0 Å². The van der Waals surface area contributed by atoms with E-state index in [0.29, 0.717) is 11.3 Å². The van der Waals surface area contributed by atoms with Crippen LogP contribution in [0.3, 0.4) is 0 Å². The molecule has 5 aromatic rings. The average Bonchev–Trinajstić information content (AvgIpc) is 3.41. The molecule has 0 spiro atoms. The van der Waals surface area contributed by atoms with Crippen LogP contribution in [0, 0.1) is 6.92 Å². The van der Waals surface area contributed by atoms with Gasteiger partial charge in [0.1, 0.15) is 11.4 Å². The summed E-state index contributed by atoms with van der Waals surface area (Å²) in [5.41, 5.74) is 6.63.